The summed E-state index contributed by atoms with van der Waals surface area (Å²) >= 11 is 0. The lowest BCUT2D eigenvalue weighted by Gasteiger charge is -2.39. The van der Waals surface area contributed by atoms with Crippen molar-refractivity contribution in [3.05, 3.63) is 22.8 Å². The number of allylic oxidation sites excluding steroid dienone is 3. The minimum Gasteiger partial charge on any atom is -0.309 e. The van der Waals surface area contributed by atoms with Gasteiger partial charge in [-0.3, -0.25) is 0 Å². The van der Waals surface area contributed by atoms with Gasteiger partial charge in [-0.25, -0.2) is 0 Å². The molecule has 128 valence electrons. The zero-order valence-electron chi connectivity index (χ0n) is 16.5. The molecule has 0 saturated carbocycles. The third-order valence-corrected chi connectivity index (χ3v) is 6.41. The zero-order valence-corrected chi connectivity index (χ0v) is 16.5. The lowest BCUT2D eigenvalue weighted by molar-refractivity contribution is 0.320. The molecule has 1 aliphatic carbocycles. The van der Waals surface area contributed by atoms with Crippen LogP contribution >= 0.6 is 0 Å². The molecule has 0 saturated heterocycles. The smallest absolute Gasteiger partial charge is 0.00128 e. The van der Waals surface area contributed by atoms with E-state index in [1.807, 2.05) is 0 Å². The summed E-state index contributed by atoms with van der Waals surface area (Å²) in [5, 5.41) is 0. The summed E-state index contributed by atoms with van der Waals surface area (Å²) in [6, 6.07) is 0. The number of hydrogen-bond acceptors (Lipinski definition) is 1. The quantitative estimate of drug-likeness (QED) is 0.489. The van der Waals surface area contributed by atoms with E-state index in [-0.39, 0.29) is 0 Å². The highest BCUT2D eigenvalue weighted by atomic mass is 15.0. The first-order valence-corrected chi connectivity index (χ1v) is 9.36. The monoisotopic (exact) mass is 305 g/mol. The molecule has 1 aliphatic rings. The minimum atomic E-state index is 0.343. The second-order valence-electron chi connectivity index (χ2n) is 7.89. The first-order chi connectivity index (χ1) is 10.3. The van der Waals surface area contributed by atoms with Gasteiger partial charge in [0.05, 0.1) is 0 Å². The molecule has 0 amide bonds. The van der Waals surface area contributed by atoms with E-state index in [2.05, 4.69) is 66.6 Å². The van der Waals surface area contributed by atoms with Crippen molar-refractivity contribution in [3.8, 4) is 0 Å². The van der Waals surface area contributed by atoms with Gasteiger partial charge in [-0.05, 0) is 74.6 Å². The number of nitrogens with zero attached hydrogens (tertiary/aromatic N) is 1. The van der Waals surface area contributed by atoms with Gasteiger partial charge in [-0.1, -0.05) is 53.2 Å². The van der Waals surface area contributed by atoms with Crippen LogP contribution in [0, 0.1) is 10.8 Å². The summed E-state index contributed by atoms with van der Waals surface area (Å²) in [7, 11) is 4.37. The van der Waals surface area contributed by atoms with Crippen molar-refractivity contribution in [1.29, 1.82) is 0 Å². The molecule has 0 radical (unpaired) electrons. The highest BCUT2D eigenvalue weighted by molar-refractivity contribution is 5.49. The number of rotatable bonds is 9. The average Bonchev–Trinajstić information content (AvgIpc) is 2.96. The van der Waals surface area contributed by atoms with Gasteiger partial charge >= 0.3 is 0 Å². The van der Waals surface area contributed by atoms with Crippen LogP contribution in [0.4, 0.5) is 0 Å². The van der Waals surface area contributed by atoms with Gasteiger partial charge in [0.2, 0.25) is 0 Å². The van der Waals surface area contributed by atoms with Crippen LogP contribution in [-0.4, -0.2) is 25.5 Å². The van der Waals surface area contributed by atoms with Crippen LogP contribution < -0.4 is 0 Å². The maximum Gasteiger partial charge on any atom is 0.00128 e. The van der Waals surface area contributed by atoms with Crippen molar-refractivity contribution in [2.75, 3.05) is 20.6 Å². The van der Waals surface area contributed by atoms with Gasteiger partial charge in [0.25, 0.3) is 0 Å². The SMILES string of the molecule is CCC(C)(CC)C1=CCC(CCN(C)C)=C1C(C)(CC)CC. The third kappa shape index (κ3) is 3.85. The third-order valence-electron chi connectivity index (χ3n) is 6.41. The highest BCUT2D eigenvalue weighted by Gasteiger charge is 2.38. The molecule has 0 bridgehead atoms. The van der Waals surface area contributed by atoms with E-state index in [1.54, 1.807) is 16.7 Å². The Kier molecular flexibility index (Phi) is 6.92. The lowest BCUT2D eigenvalue weighted by Crippen LogP contribution is -2.27. The first-order valence-electron chi connectivity index (χ1n) is 9.36. The maximum absolute atomic E-state index is 2.57. The number of hydrogen-bond donors (Lipinski definition) is 0. The van der Waals surface area contributed by atoms with Gasteiger partial charge in [0.1, 0.15) is 0 Å². The van der Waals surface area contributed by atoms with Gasteiger partial charge in [0.15, 0.2) is 0 Å². The molecule has 0 N–H and O–H groups in total. The fourth-order valence-corrected chi connectivity index (χ4v) is 3.74. The Balaban J connectivity index is 3.29. The molecular formula is C21H39N. The predicted octanol–water partition coefficient (Wildman–Crippen LogP) is 6.22. The molecule has 1 nitrogen and oxygen atoms in total. The van der Waals surface area contributed by atoms with Crippen LogP contribution in [0.2, 0.25) is 0 Å². The largest absolute Gasteiger partial charge is 0.309 e. The Labute approximate surface area is 139 Å². The Morgan fingerprint density at radius 2 is 1.41 bits per heavy atom. The fraction of sp³-hybridized carbons (Fsp3) is 0.810. The van der Waals surface area contributed by atoms with Crippen LogP contribution in [0.15, 0.2) is 22.8 Å². The second kappa shape index (κ2) is 7.81. The van der Waals surface area contributed by atoms with Crippen molar-refractivity contribution in [3.63, 3.8) is 0 Å². The summed E-state index contributed by atoms with van der Waals surface area (Å²) in [4.78, 5) is 2.32. The fourth-order valence-electron chi connectivity index (χ4n) is 3.74. The maximum atomic E-state index is 2.57. The Morgan fingerprint density at radius 1 is 0.909 bits per heavy atom. The van der Waals surface area contributed by atoms with Crippen LogP contribution in [0.25, 0.3) is 0 Å². The van der Waals surface area contributed by atoms with E-state index in [0.717, 1.165) is 0 Å². The van der Waals surface area contributed by atoms with Gasteiger partial charge in [-0.2, -0.15) is 0 Å². The van der Waals surface area contributed by atoms with Crippen LogP contribution in [-0.2, 0) is 0 Å². The second-order valence-corrected chi connectivity index (χ2v) is 7.89. The topological polar surface area (TPSA) is 3.24 Å². The lowest BCUT2D eigenvalue weighted by atomic mass is 9.65. The molecule has 0 aromatic rings. The normalized spacial score (nSPS) is 16.7. The predicted molar refractivity (Wildman–Crippen MR) is 100 cm³/mol. The molecule has 0 fully saturated rings. The Hall–Kier alpha value is -0.560. The molecule has 0 unspecified atom stereocenters. The van der Waals surface area contributed by atoms with E-state index in [9.17, 15) is 0 Å². The van der Waals surface area contributed by atoms with Crippen molar-refractivity contribution >= 4 is 0 Å². The van der Waals surface area contributed by atoms with Crippen LogP contribution in [0.3, 0.4) is 0 Å². The molecule has 0 aromatic heterocycles. The summed E-state index contributed by atoms with van der Waals surface area (Å²) in [5.74, 6) is 0. The summed E-state index contributed by atoms with van der Waals surface area (Å²) < 4.78 is 0. The van der Waals surface area contributed by atoms with Gasteiger partial charge in [0, 0.05) is 6.54 Å². The molecule has 22 heavy (non-hydrogen) atoms. The zero-order chi connectivity index (χ0) is 17.0. The summed E-state index contributed by atoms with van der Waals surface area (Å²) in [5.41, 5.74) is 5.81. The first kappa shape index (κ1) is 19.5. The van der Waals surface area contributed by atoms with Gasteiger partial charge in [-0.15, -0.1) is 0 Å². The van der Waals surface area contributed by atoms with E-state index in [0.29, 0.717) is 10.8 Å². The van der Waals surface area contributed by atoms with E-state index in [4.69, 9.17) is 0 Å². The highest BCUT2D eigenvalue weighted by Crippen LogP contribution is 2.52. The molecule has 0 spiro atoms. The molecule has 0 atom stereocenters. The molecule has 0 aliphatic heterocycles. The van der Waals surface area contributed by atoms with E-state index >= 15 is 0 Å². The summed E-state index contributed by atoms with van der Waals surface area (Å²) in [6.07, 6.45) is 9.94. The molecular weight excluding hydrogens is 266 g/mol. The van der Waals surface area contributed by atoms with Crippen molar-refractivity contribution in [2.45, 2.75) is 80.1 Å². The molecule has 1 heteroatoms. The van der Waals surface area contributed by atoms with Crippen molar-refractivity contribution in [2.24, 2.45) is 10.8 Å². The van der Waals surface area contributed by atoms with E-state index < -0.39 is 0 Å². The Bertz CT molecular complexity index is 417. The van der Waals surface area contributed by atoms with E-state index in [1.165, 1.54) is 45.1 Å². The standard InChI is InChI=1S/C21H39N/c1-9-20(5,10-2)18-14-13-17(15-16-22(7)8)19(18)21(6,11-3)12-4/h14H,9-13,15-16H2,1-8H3. The molecule has 0 aromatic carbocycles. The van der Waals surface area contributed by atoms with Crippen LogP contribution in [0.1, 0.15) is 80.1 Å². The molecule has 0 heterocycles. The van der Waals surface area contributed by atoms with Gasteiger partial charge < -0.3 is 4.90 Å². The van der Waals surface area contributed by atoms with Crippen molar-refractivity contribution < 1.29 is 0 Å². The van der Waals surface area contributed by atoms with Crippen molar-refractivity contribution in [1.82, 2.24) is 4.90 Å². The van der Waals surface area contributed by atoms with Crippen LogP contribution in [0.5, 0.6) is 0 Å². The molecule has 1 rings (SSSR count). The Morgan fingerprint density at radius 3 is 1.82 bits per heavy atom. The average molecular weight is 306 g/mol. The summed E-state index contributed by atoms with van der Waals surface area (Å²) in [6.45, 7) is 15.6. The minimum absolute atomic E-state index is 0.343.